The van der Waals surface area contributed by atoms with Crippen LogP contribution in [0.5, 0.6) is 0 Å². The smallest absolute Gasteiger partial charge is 0.320 e. The monoisotopic (exact) mass is 321 g/mol. The van der Waals surface area contributed by atoms with Crippen molar-refractivity contribution < 1.29 is 23.1 Å². The number of aliphatic carboxylic acids is 1. The van der Waals surface area contributed by atoms with Crippen molar-refractivity contribution in [1.82, 2.24) is 14.1 Å². The minimum atomic E-state index is -3.23. The lowest BCUT2D eigenvalue weighted by Gasteiger charge is -2.38. The maximum Gasteiger partial charge on any atom is 0.320 e. The van der Waals surface area contributed by atoms with Crippen LogP contribution in [0.25, 0.3) is 0 Å². The molecule has 0 saturated carbocycles. The zero-order chi connectivity index (χ0) is 16.2. The second kappa shape index (κ2) is 7.08. The highest BCUT2D eigenvalue weighted by molar-refractivity contribution is 7.88. The predicted molar refractivity (Wildman–Crippen MR) is 77.5 cm³/mol. The van der Waals surface area contributed by atoms with E-state index < -0.39 is 22.0 Å². The third-order valence-corrected chi connectivity index (χ3v) is 4.87. The number of carbonyl (C=O) groups excluding carboxylic acids is 1. The van der Waals surface area contributed by atoms with Crippen LogP contribution in [0.2, 0.25) is 0 Å². The van der Waals surface area contributed by atoms with E-state index in [-0.39, 0.29) is 25.5 Å². The summed E-state index contributed by atoms with van der Waals surface area (Å²) in [6.07, 6.45) is 1.04. The van der Waals surface area contributed by atoms with Gasteiger partial charge in [-0.3, -0.25) is 4.79 Å². The fourth-order valence-corrected chi connectivity index (χ4v) is 3.22. The molecule has 0 aromatic rings. The van der Waals surface area contributed by atoms with E-state index in [1.54, 1.807) is 18.7 Å². The molecule has 21 heavy (non-hydrogen) atoms. The van der Waals surface area contributed by atoms with Crippen molar-refractivity contribution in [3.63, 3.8) is 0 Å². The Morgan fingerprint density at radius 1 is 1.24 bits per heavy atom. The van der Waals surface area contributed by atoms with Gasteiger partial charge >= 0.3 is 12.0 Å². The van der Waals surface area contributed by atoms with Gasteiger partial charge < -0.3 is 14.9 Å². The number of carbonyl (C=O) groups is 2. The molecule has 0 aliphatic carbocycles. The molecule has 122 valence electrons. The average Bonchev–Trinajstić information content (AvgIpc) is 2.37. The number of carboxylic acids is 1. The third kappa shape index (κ3) is 4.85. The van der Waals surface area contributed by atoms with Gasteiger partial charge in [0.15, 0.2) is 0 Å². The Hall–Kier alpha value is -1.35. The maximum atomic E-state index is 12.4. The first-order chi connectivity index (χ1) is 9.66. The Balaban J connectivity index is 2.65. The third-order valence-electron chi connectivity index (χ3n) is 3.57. The van der Waals surface area contributed by atoms with Gasteiger partial charge in [-0.2, -0.15) is 4.31 Å². The molecular formula is C12H23N3O5S. The molecule has 8 nitrogen and oxygen atoms in total. The highest BCUT2D eigenvalue weighted by atomic mass is 32.2. The number of hydrogen-bond acceptors (Lipinski definition) is 4. The summed E-state index contributed by atoms with van der Waals surface area (Å²) in [5.74, 6) is -0.948. The Kier molecular flexibility index (Phi) is 5.97. The second-order valence-corrected chi connectivity index (χ2v) is 7.15. The van der Waals surface area contributed by atoms with Gasteiger partial charge in [-0.1, -0.05) is 0 Å². The summed E-state index contributed by atoms with van der Waals surface area (Å²) in [5.41, 5.74) is 0. The molecule has 0 aromatic heterocycles. The van der Waals surface area contributed by atoms with E-state index in [0.717, 1.165) is 6.26 Å². The Bertz CT molecular complexity index is 485. The number of sulfonamides is 1. The lowest BCUT2D eigenvalue weighted by atomic mass is 10.2. The number of urea groups is 1. The highest BCUT2D eigenvalue weighted by Gasteiger charge is 2.30. The second-order valence-electron chi connectivity index (χ2n) is 5.16. The first-order valence-electron chi connectivity index (χ1n) is 6.89. The normalized spacial score (nSPS) is 18.3. The van der Waals surface area contributed by atoms with Gasteiger partial charge in [-0.15, -0.1) is 0 Å². The summed E-state index contributed by atoms with van der Waals surface area (Å²) in [6, 6.07) is -0.632. The van der Waals surface area contributed by atoms with E-state index in [2.05, 4.69) is 0 Å². The van der Waals surface area contributed by atoms with Crippen LogP contribution in [0.1, 0.15) is 20.3 Å². The van der Waals surface area contributed by atoms with E-state index >= 15 is 0 Å². The molecule has 1 heterocycles. The van der Waals surface area contributed by atoms with Crippen LogP contribution in [0, 0.1) is 0 Å². The lowest BCUT2D eigenvalue weighted by Crippen LogP contribution is -2.55. The van der Waals surface area contributed by atoms with Gasteiger partial charge in [-0.05, 0) is 13.8 Å². The molecule has 1 rings (SSSR count). The van der Waals surface area contributed by atoms with E-state index in [4.69, 9.17) is 5.11 Å². The highest BCUT2D eigenvalue weighted by Crippen LogP contribution is 2.12. The molecule has 9 heteroatoms. The van der Waals surface area contributed by atoms with Crippen molar-refractivity contribution in [3.05, 3.63) is 0 Å². The van der Waals surface area contributed by atoms with Crippen LogP contribution in [-0.4, -0.2) is 84.7 Å². The largest absolute Gasteiger partial charge is 0.481 e. The van der Waals surface area contributed by atoms with Crippen LogP contribution >= 0.6 is 0 Å². The summed E-state index contributed by atoms with van der Waals surface area (Å²) >= 11 is 0. The lowest BCUT2D eigenvalue weighted by molar-refractivity contribution is -0.138. The van der Waals surface area contributed by atoms with Crippen LogP contribution in [0.3, 0.4) is 0 Å². The molecule has 1 aliphatic heterocycles. The summed E-state index contributed by atoms with van der Waals surface area (Å²) in [7, 11) is -3.23. The summed E-state index contributed by atoms with van der Waals surface area (Å²) in [6.45, 7) is 5.10. The quantitative estimate of drug-likeness (QED) is 0.760. The van der Waals surface area contributed by atoms with Gasteiger partial charge in [0.1, 0.15) is 0 Å². The van der Waals surface area contributed by atoms with Crippen LogP contribution in [-0.2, 0) is 14.8 Å². The number of carboxylic acid groups (broad SMARTS) is 1. The molecule has 1 unspecified atom stereocenters. The zero-order valence-corrected chi connectivity index (χ0v) is 13.5. The summed E-state index contributed by atoms with van der Waals surface area (Å²) < 4.78 is 24.2. The Morgan fingerprint density at radius 3 is 2.14 bits per heavy atom. The van der Waals surface area contributed by atoms with Crippen LogP contribution in [0.4, 0.5) is 4.79 Å². The number of nitrogens with zero attached hydrogens (tertiary/aromatic N) is 3. The van der Waals surface area contributed by atoms with E-state index in [1.807, 2.05) is 0 Å². The predicted octanol–water partition coefficient (Wildman–Crippen LogP) is -0.131. The first kappa shape index (κ1) is 17.7. The van der Waals surface area contributed by atoms with Crippen LogP contribution < -0.4 is 0 Å². The molecule has 1 saturated heterocycles. The first-order valence-corrected chi connectivity index (χ1v) is 8.74. The van der Waals surface area contributed by atoms with Gasteiger partial charge in [-0.25, -0.2) is 13.2 Å². The topological polar surface area (TPSA) is 98.2 Å². The van der Waals surface area contributed by atoms with Crippen LogP contribution in [0.15, 0.2) is 0 Å². The molecule has 1 fully saturated rings. The number of rotatable bonds is 5. The number of piperazine rings is 1. The molecule has 0 aromatic carbocycles. The molecular weight excluding hydrogens is 298 g/mol. The standard InChI is InChI=1S/C12H23N3O5S/c1-4-15(10(2)9-11(16)17)12(18)13-5-7-14(8-6-13)21(3,19)20/h10H,4-9H2,1-3H3,(H,16,17). The number of amides is 2. The fourth-order valence-electron chi connectivity index (χ4n) is 2.39. The Labute approximate surface area is 125 Å². The van der Waals surface area contributed by atoms with Gasteiger partial charge in [0.05, 0.1) is 12.7 Å². The van der Waals surface area contributed by atoms with E-state index in [0.29, 0.717) is 19.6 Å². The van der Waals surface area contributed by atoms with E-state index in [1.165, 1.54) is 9.21 Å². The average molecular weight is 321 g/mol. The summed E-state index contributed by atoms with van der Waals surface area (Å²) in [5, 5.41) is 8.82. The van der Waals surface area contributed by atoms with Gasteiger partial charge in [0, 0.05) is 38.8 Å². The molecule has 0 radical (unpaired) electrons. The summed E-state index contributed by atoms with van der Waals surface area (Å²) in [4.78, 5) is 26.2. The molecule has 2 amide bonds. The van der Waals surface area contributed by atoms with Crippen molar-refractivity contribution in [1.29, 1.82) is 0 Å². The molecule has 0 spiro atoms. The molecule has 1 aliphatic rings. The minimum Gasteiger partial charge on any atom is -0.481 e. The van der Waals surface area contributed by atoms with Gasteiger partial charge in [0.25, 0.3) is 0 Å². The van der Waals surface area contributed by atoms with Crippen molar-refractivity contribution in [3.8, 4) is 0 Å². The van der Waals surface area contributed by atoms with Crippen molar-refractivity contribution in [2.75, 3.05) is 39.0 Å². The number of hydrogen-bond donors (Lipinski definition) is 1. The van der Waals surface area contributed by atoms with Crippen molar-refractivity contribution in [2.24, 2.45) is 0 Å². The molecule has 1 atom stereocenters. The van der Waals surface area contributed by atoms with E-state index in [9.17, 15) is 18.0 Å². The zero-order valence-electron chi connectivity index (χ0n) is 12.7. The van der Waals surface area contributed by atoms with Crippen molar-refractivity contribution >= 4 is 22.0 Å². The van der Waals surface area contributed by atoms with Crippen molar-refractivity contribution in [2.45, 2.75) is 26.3 Å². The molecule has 0 bridgehead atoms. The van der Waals surface area contributed by atoms with Gasteiger partial charge in [0.2, 0.25) is 10.0 Å². The fraction of sp³-hybridized carbons (Fsp3) is 0.833. The molecule has 1 N–H and O–H groups in total. The maximum absolute atomic E-state index is 12.4. The SMILES string of the molecule is CCN(C(=O)N1CCN(S(C)(=O)=O)CC1)C(C)CC(=O)O. The Morgan fingerprint density at radius 2 is 1.76 bits per heavy atom. The minimum absolute atomic E-state index is 0.108.